The fraction of sp³-hybridized carbons (Fsp3) is 0.467. The number of hydrogen-bond acceptors (Lipinski definition) is 5. The Balaban J connectivity index is 2.34. The van der Waals surface area contributed by atoms with Gasteiger partial charge in [0.25, 0.3) is 5.78 Å². The van der Waals surface area contributed by atoms with Gasteiger partial charge in [0.05, 0.1) is 12.2 Å². The Hall–Kier alpha value is -1.51. The average Bonchev–Trinajstić information content (AvgIpc) is 2.98. The van der Waals surface area contributed by atoms with E-state index in [1.54, 1.807) is 13.0 Å². The van der Waals surface area contributed by atoms with Crippen molar-refractivity contribution in [3.05, 3.63) is 26.8 Å². The van der Waals surface area contributed by atoms with E-state index in [2.05, 4.69) is 32.9 Å². The largest absolute Gasteiger partial charge is 0.460 e. The molecular weight excluding hydrogens is 397 g/mol. The Morgan fingerprint density at radius 3 is 2.64 bits per heavy atom. The molecule has 1 saturated heterocycles. The number of carbonyl (C=O) groups is 2. The Kier molecular flexibility index (Phi) is 5.87. The first kappa shape index (κ1) is 16.9. The second kappa shape index (κ2) is 7.66. The number of Topliss-reactive ketones (excluding diaryl/α,β-unsaturated/α-hetero) is 1. The lowest BCUT2D eigenvalue weighted by molar-refractivity contribution is -0.137. The van der Waals surface area contributed by atoms with Crippen molar-refractivity contribution in [2.45, 2.75) is 26.7 Å². The highest BCUT2D eigenvalue weighted by atomic mass is 127. The van der Waals surface area contributed by atoms with Gasteiger partial charge >= 0.3 is 5.97 Å². The van der Waals surface area contributed by atoms with Crippen LogP contribution in [0.5, 0.6) is 0 Å². The summed E-state index contributed by atoms with van der Waals surface area (Å²) in [7, 11) is 0. The molecule has 1 heterocycles. The van der Waals surface area contributed by atoms with Crippen LogP contribution in [0.15, 0.2) is 22.5 Å². The summed E-state index contributed by atoms with van der Waals surface area (Å²) in [6, 6.07) is 3.55. The topological polar surface area (TPSA) is 71.3 Å². The van der Waals surface area contributed by atoms with Gasteiger partial charge in [0.15, 0.2) is 0 Å². The van der Waals surface area contributed by atoms with Gasteiger partial charge in [-0.3, -0.25) is 9.80 Å². The molecule has 2 rings (SSSR count). The number of aryl methyl sites for hydroxylation is 1. The predicted octanol–water partition coefficient (Wildman–Crippen LogP) is 3.44. The van der Waals surface area contributed by atoms with Crippen LogP contribution in [-0.2, 0) is 9.53 Å². The molecule has 7 heteroatoms. The number of nitrogens with zero attached hydrogens (tertiary/aromatic N) is 3. The second-order valence-corrected chi connectivity index (χ2v) is 6.26. The van der Waals surface area contributed by atoms with Crippen molar-refractivity contribution in [3.8, 4) is 0 Å². The molecule has 0 aromatic heterocycles. The molecule has 6 nitrogen and oxygen atoms in total. The Labute approximate surface area is 143 Å². The number of rotatable bonds is 5. The number of benzene rings is 1. The molecule has 0 N–H and O–H groups in total. The van der Waals surface area contributed by atoms with Crippen LogP contribution in [0.25, 0.3) is 0 Å². The molecule has 1 aliphatic rings. The quantitative estimate of drug-likeness (QED) is 0.243. The molecule has 118 valence electrons. The molecule has 1 fully saturated rings. The van der Waals surface area contributed by atoms with Gasteiger partial charge in [-0.1, -0.05) is 5.22 Å². The molecule has 0 radical (unpaired) electrons. The molecule has 0 aliphatic carbocycles. The maximum absolute atomic E-state index is 12.3. The lowest BCUT2D eigenvalue weighted by atomic mass is 10.0. The van der Waals surface area contributed by atoms with Gasteiger partial charge in [-0.2, -0.15) is 0 Å². The summed E-state index contributed by atoms with van der Waals surface area (Å²) >= 11 is 2.11. The van der Waals surface area contributed by atoms with Gasteiger partial charge in [-0.25, -0.2) is 4.79 Å². The highest BCUT2D eigenvalue weighted by molar-refractivity contribution is 14.1. The van der Waals surface area contributed by atoms with Crippen molar-refractivity contribution in [2.75, 3.05) is 19.7 Å². The lowest BCUT2D eigenvalue weighted by Crippen LogP contribution is -2.18. The van der Waals surface area contributed by atoms with E-state index in [-0.39, 0.29) is 12.2 Å². The number of halogens is 1. The third kappa shape index (κ3) is 4.02. The molecule has 1 aromatic rings. The first-order valence-electron chi connectivity index (χ1n) is 7.21. The number of carbonyl (C=O) groups excluding carboxylic acids is 2. The minimum absolute atomic E-state index is 0.165. The van der Waals surface area contributed by atoms with Crippen LogP contribution < -0.4 is 0 Å². The molecule has 0 amide bonds. The fourth-order valence-electron chi connectivity index (χ4n) is 2.25. The molecular formula is C15H18IN3O3. The average molecular weight is 415 g/mol. The van der Waals surface area contributed by atoms with Crippen LogP contribution >= 0.6 is 22.6 Å². The Bertz CT molecular complexity index is 610. The highest BCUT2D eigenvalue weighted by Crippen LogP contribution is 2.28. The van der Waals surface area contributed by atoms with Gasteiger partial charge in [0.2, 0.25) is 0 Å². The molecule has 0 bridgehead atoms. The van der Waals surface area contributed by atoms with Crippen molar-refractivity contribution in [2.24, 2.45) is 10.3 Å². The zero-order valence-corrected chi connectivity index (χ0v) is 14.8. The smallest absolute Gasteiger partial charge is 0.379 e. The van der Waals surface area contributed by atoms with E-state index in [4.69, 9.17) is 4.74 Å². The zero-order valence-electron chi connectivity index (χ0n) is 12.6. The third-order valence-electron chi connectivity index (χ3n) is 3.32. The lowest BCUT2D eigenvalue weighted by Gasteiger charge is -2.10. The van der Waals surface area contributed by atoms with Crippen LogP contribution in [0.1, 0.15) is 35.7 Å². The van der Waals surface area contributed by atoms with Crippen LogP contribution in [0, 0.1) is 10.5 Å². The van der Waals surface area contributed by atoms with E-state index < -0.39 is 11.8 Å². The van der Waals surface area contributed by atoms with Gasteiger partial charge in [0, 0.05) is 16.7 Å². The number of ether oxygens (including phenoxy) is 1. The SMILES string of the molecule is CCOC(=O)C(=O)c1cc(I)cc(C)c1/N=N/N1CCCC1. The van der Waals surface area contributed by atoms with E-state index in [0.717, 1.165) is 35.1 Å². The summed E-state index contributed by atoms with van der Waals surface area (Å²) in [6.07, 6.45) is 2.19. The summed E-state index contributed by atoms with van der Waals surface area (Å²) in [5.41, 5.74) is 1.48. The molecule has 1 aromatic carbocycles. The third-order valence-corrected chi connectivity index (χ3v) is 3.95. The number of hydrogen-bond donors (Lipinski definition) is 0. The predicted molar refractivity (Wildman–Crippen MR) is 90.2 cm³/mol. The molecule has 22 heavy (non-hydrogen) atoms. The maximum Gasteiger partial charge on any atom is 0.379 e. The first-order valence-corrected chi connectivity index (χ1v) is 8.29. The minimum Gasteiger partial charge on any atom is -0.460 e. The zero-order chi connectivity index (χ0) is 16.1. The Morgan fingerprint density at radius 1 is 1.32 bits per heavy atom. The standard InChI is InChI=1S/C15H18IN3O3/c1-3-22-15(21)14(20)12-9-11(16)8-10(2)13(12)17-18-19-6-4-5-7-19/h8-9H,3-7H2,1-2H3/b18-17+. The van der Waals surface area contributed by atoms with E-state index in [9.17, 15) is 9.59 Å². The summed E-state index contributed by atoms with van der Waals surface area (Å²) in [4.78, 5) is 24.0. The Morgan fingerprint density at radius 2 is 2.00 bits per heavy atom. The van der Waals surface area contributed by atoms with E-state index in [1.165, 1.54) is 0 Å². The minimum atomic E-state index is -0.860. The molecule has 0 atom stereocenters. The summed E-state index contributed by atoms with van der Waals surface area (Å²) in [6.45, 7) is 5.42. The van der Waals surface area contributed by atoms with Gasteiger partial charge in [-0.05, 0) is 67.0 Å². The maximum atomic E-state index is 12.3. The second-order valence-electron chi connectivity index (χ2n) is 5.02. The van der Waals surface area contributed by atoms with E-state index in [1.807, 2.05) is 18.0 Å². The summed E-state index contributed by atoms with van der Waals surface area (Å²) < 4.78 is 5.66. The van der Waals surface area contributed by atoms with Crippen molar-refractivity contribution in [3.63, 3.8) is 0 Å². The summed E-state index contributed by atoms with van der Waals surface area (Å²) in [5.74, 6) is -1.54. The van der Waals surface area contributed by atoms with E-state index >= 15 is 0 Å². The first-order chi connectivity index (χ1) is 10.5. The van der Waals surface area contributed by atoms with Gasteiger partial charge in [0.1, 0.15) is 5.69 Å². The molecule has 1 aliphatic heterocycles. The molecule has 0 unspecified atom stereocenters. The van der Waals surface area contributed by atoms with Gasteiger partial charge in [-0.15, -0.1) is 5.11 Å². The monoisotopic (exact) mass is 415 g/mol. The van der Waals surface area contributed by atoms with Crippen molar-refractivity contribution in [1.29, 1.82) is 0 Å². The van der Waals surface area contributed by atoms with Crippen LogP contribution in [0.2, 0.25) is 0 Å². The van der Waals surface area contributed by atoms with Crippen molar-refractivity contribution < 1.29 is 14.3 Å². The number of esters is 1. The van der Waals surface area contributed by atoms with Crippen LogP contribution in [0.3, 0.4) is 0 Å². The highest BCUT2D eigenvalue weighted by Gasteiger charge is 2.23. The van der Waals surface area contributed by atoms with E-state index in [0.29, 0.717) is 5.69 Å². The van der Waals surface area contributed by atoms with Crippen molar-refractivity contribution in [1.82, 2.24) is 5.01 Å². The van der Waals surface area contributed by atoms with Gasteiger partial charge < -0.3 is 4.74 Å². The summed E-state index contributed by atoms with van der Waals surface area (Å²) in [5, 5.41) is 10.3. The number of ketones is 1. The van der Waals surface area contributed by atoms with Crippen molar-refractivity contribution >= 4 is 40.0 Å². The van der Waals surface area contributed by atoms with Crippen LogP contribution in [0.4, 0.5) is 5.69 Å². The fourth-order valence-corrected chi connectivity index (χ4v) is 3.02. The molecule has 0 spiro atoms. The normalized spacial score (nSPS) is 14.6. The molecule has 0 saturated carbocycles. The van der Waals surface area contributed by atoms with Crippen LogP contribution in [-0.4, -0.2) is 36.5 Å².